The third kappa shape index (κ3) is 5.24. The summed E-state index contributed by atoms with van der Waals surface area (Å²) in [5.74, 6) is 2.39. The van der Waals surface area contributed by atoms with Crippen LogP contribution >= 0.6 is 10.0 Å². The molecule has 4 aromatic heterocycles. The first kappa shape index (κ1) is 23.8. The maximum Gasteiger partial charge on any atom is 0.156 e. The predicted octanol–water partition coefficient (Wildman–Crippen LogP) is 4.73. The van der Waals surface area contributed by atoms with Crippen molar-refractivity contribution in [2.75, 3.05) is 36.4 Å². The van der Waals surface area contributed by atoms with E-state index in [2.05, 4.69) is 35.3 Å². The first-order chi connectivity index (χ1) is 16.1. The highest BCUT2D eigenvalue weighted by Gasteiger charge is 2.19. The van der Waals surface area contributed by atoms with Crippen molar-refractivity contribution in [2.45, 2.75) is 20.6 Å². The molecule has 4 heterocycles. The highest BCUT2D eigenvalue weighted by atomic mass is 32.3. The summed E-state index contributed by atoms with van der Waals surface area (Å²) in [4.78, 5) is 9.60. The number of nitrogens with one attached hydrogen (secondary N) is 1. The van der Waals surface area contributed by atoms with Gasteiger partial charge in [-0.2, -0.15) is 10.4 Å². The molecule has 0 bridgehead atoms. The molecule has 0 aliphatic heterocycles. The number of nitriles is 1. The van der Waals surface area contributed by atoms with Crippen LogP contribution < -0.4 is 5.32 Å². The number of pyridine rings is 2. The lowest BCUT2D eigenvalue weighted by atomic mass is 10.1. The molecule has 0 aliphatic carbocycles. The Balaban J connectivity index is 1.81. The van der Waals surface area contributed by atoms with Crippen LogP contribution in [0.1, 0.15) is 16.8 Å². The lowest BCUT2D eigenvalue weighted by Gasteiger charge is -2.24. The van der Waals surface area contributed by atoms with E-state index in [1.165, 1.54) is 0 Å². The van der Waals surface area contributed by atoms with E-state index < -0.39 is 10.0 Å². The smallest absolute Gasteiger partial charge is 0.156 e. The molecule has 4 rings (SSSR count). The van der Waals surface area contributed by atoms with Crippen molar-refractivity contribution in [1.29, 1.82) is 5.26 Å². The van der Waals surface area contributed by atoms with Gasteiger partial charge in [0.05, 0.1) is 17.9 Å². The van der Waals surface area contributed by atoms with Crippen LogP contribution in [0.5, 0.6) is 0 Å². The van der Waals surface area contributed by atoms with E-state index in [9.17, 15) is 5.26 Å². The number of aromatic nitrogens is 5. The van der Waals surface area contributed by atoms with E-state index in [1.54, 1.807) is 4.68 Å². The summed E-state index contributed by atoms with van der Waals surface area (Å²) in [6.07, 6.45) is 10.6. The Morgan fingerprint density at radius 3 is 2.59 bits per heavy atom. The summed E-state index contributed by atoms with van der Waals surface area (Å²) in [5, 5.41) is 18.5. The Hall–Kier alpha value is -3.35. The number of aryl methyl sites for hydroxylation is 3. The Labute approximate surface area is 201 Å². The average Bonchev–Trinajstić information content (AvgIpc) is 3.28. The second-order valence-electron chi connectivity index (χ2n) is 9.33. The molecule has 0 aliphatic rings. The van der Waals surface area contributed by atoms with E-state index >= 15 is 0 Å². The lowest BCUT2D eigenvalue weighted by Crippen LogP contribution is -2.10. The number of rotatable bonds is 8. The molecule has 0 aromatic carbocycles. The zero-order valence-corrected chi connectivity index (χ0v) is 21.4. The first-order valence-electron chi connectivity index (χ1n) is 11.0. The predicted molar refractivity (Wildman–Crippen MR) is 140 cm³/mol. The number of hydrogen-bond donors (Lipinski definition) is 1. The van der Waals surface area contributed by atoms with E-state index in [0.717, 1.165) is 39.5 Å². The third-order valence-corrected chi connectivity index (χ3v) is 6.83. The van der Waals surface area contributed by atoms with Crippen LogP contribution in [0.15, 0.2) is 36.7 Å². The van der Waals surface area contributed by atoms with Gasteiger partial charge >= 0.3 is 0 Å². The highest BCUT2D eigenvalue weighted by molar-refractivity contribution is 8.32. The maximum absolute atomic E-state index is 9.92. The Morgan fingerprint density at radius 1 is 1.15 bits per heavy atom. The minimum Gasteiger partial charge on any atom is -0.360 e. The van der Waals surface area contributed by atoms with Gasteiger partial charge in [0.1, 0.15) is 24.3 Å². The van der Waals surface area contributed by atoms with Crippen molar-refractivity contribution < 1.29 is 4.74 Å². The van der Waals surface area contributed by atoms with Crippen molar-refractivity contribution in [3.05, 3.63) is 53.5 Å². The fourth-order valence-corrected chi connectivity index (χ4v) is 4.37. The summed E-state index contributed by atoms with van der Waals surface area (Å²) in [6.45, 7) is 4.95. The van der Waals surface area contributed by atoms with Gasteiger partial charge in [-0.25, -0.2) is 15.0 Å². The molecular formula is C25H31N7OS. The molecule has 0 radical (unpaired) electrons. The minimum atomic E-state index is -0.640. The second-order valence-corrected chi connectivity index (χ2v) is 13.9. The van der Waals surface area contributed by atoms with Crippen molar-refractivity contribution in [3.63, 3.8) is 0 Å². The van der Waals surface area contributed by atoms with Crippen molar-refractivity contribution in [3.8, 4) is 17.3 Å². The molecule has 178 valence electrons. The quantitative estimate of drug-likeness (QED) is 0.369. The van der Waals surface area contributed by atoms with Crippen LogP contribution in [0.4, 0.5) is 11.6 Å². The van der Waals surface area contributed by atoms with Crippen LogP contribution in [0.2, 0.25) is 0 Å². The van der Waals surface area contributed by atoms with E-state index in [1.807, 2.05) is 62.1 Å². The summed E-state index contributed by atoms with van der Waals surface area (Å²) < 4.78 is 9.66. The van der Waals surface area contributed by atoms with Gasteiger partial charge in [-0.15, -0.1) is 0 Å². The molecule has 0 amide bonds. The van der Waals surface area contributed by atoms with Crippen LogP contribution in [0, 0.1) is 25.2 Å². The Kier molecular flexibility index (Phi) is 6.64. The topological polar surface area (TPSA) is 93.6 Å². The minimum absolute atomic E-state index is 0.327. The molecule has 0 unspecified atom stereocenters. The first-order valence-corrected chi connectivity index (χ1v) is 14.1. The van der Waals surface area contributed by atoms with Crippen molar-refractivity contribution in [2.24, 2.45) is 7.05 Å². The van der Waals surface area contributed by atoms with Crippen LogP contribution in [0.25, 0.3) is 22.3 Å². The van der Waals surface area contributed by atoms with E-state index in [-0.39, 0.29) is 0 Å². The van der Waals surface area contributed by atoms with Gasteiger partial charge in [-0.1, -0.05) is 6.07 Å². The summed E-state index contributed by atoms with van der Waals surface area (Å²) in [6, 6.07) is 10.2. The van der Waals surface area contributed by atoms with Gasteiger partial charge in [0.25, 0.3) is 0 Å². The molecule has 34 heavy (non-hydrogen) atoms. The monoisotopic (exact) mass is 477 g/mol. The Morgan fingerprint density at radius 2 is 1.94 bits per heavy atom. The van der Waals surface area contributed by atoms with Gasteiger partial charge in [0.15, 0.2) is 5.82 Å². The molecule has 0 saturated carbocycles. The summed E-state index contributed by atoms with van der Waals surface area (Å²) in [7, 11) is 1.25. The van der Waals surface area contributed by atoms with Gasteiger partial charge in [-0.05, 0) is 50.8 Å². The zero-order chi connectivity index (χ0) is 24.5. The molecule has 4 aromatic rings. The van der Waals surface area contributed by atoms with Crippen molar-refractivity contribution in [1.82, 2.24) is 24.3 Å². The molecule has 8 nitrogen and oxygen atoms in total. The fourth-order valence-electron chi connectivity index (χ4n) is 3.75. The van der Waals surface area contributed by atoms with Gasteiger partial charge in [-0.3, -0.25) is 9.67 Å². The van der Waals surface area contributed by atoms with Gasteiger partial charge in [0.2, 0.25) is 0 Å². The number of ether oxygens (including phenoxy) is 1. The highest BCUT2D eigenvalue weighted by Crippen LogP contribution is 2.35. The fraction of sp³-hybridized carbons (Fsp3) is 0.360. The number of anilines is 2. The Bertz CT molecular complexity index is 1370. The second kappa shape index (κ2) is 9.49. The maximum atomic E-state index is 9.92. The average molecular weight is 478 g/mol. The standard InChI is InChI=1S/C25H31N7OS/c1-17-14-31(3)30-24(17)28-22-12-20(21-9-7-8-18(2)27-21)23-19(13-26)15-32(25(23)29-22)16-33-10-11-34(4,5)6/h7-9,12,14-15H,10-11,16H2,1-6H3,(H,28,29,30). The number of hydrogen-bond acceptors (Lipinski definition) is 6. The van der Waals surface area contributed by atoms with Crippen LogP contribution in [-0.2, 0) is 18.5 Å². The molecule has 0 saturated heterocycles. The normalized spacial score (nSPS) is 12.1. The van der Waals surface area contributed by atoms with Crippen LogP contribution in [-0.4, -0.2) is 55.4 Å². The molecule has 1 N–H and O–H groups in total. The number of nitrogens with zero attached hydrogens (tertiary/aromatic N) is 6. The van der Waals surface area contributed by atoms with Crippen molar-refractivity contribution >= 4 is 32.7 Å². The van der Waals surface area contributed by atoms with E-state index in [4.69, 9.17) is 14.7 Å². The zero-order valence-electron chi connectivity index (χ0n) is 20.6. The molecule has 0 fully saturated rings. The molecule has 0 spiro atoms. The number of fused-ring (bicyclic) bond motifs is 1. The van der Waals surface area contributed by atoms with Gasteiger partial charge < -0.3 is 14.6 Å². The van der Waals surface area contributed by atoms with Gasteiger partial charge in [0, 0.05) is 47.4 Å². The third-order valence-electron chi connectivity index (χ3n) is 5.44. The molecular weight excluding hydrogens is 446 g/mol. The molecule has 9 heteroatoms. The largest absolute Gasteiger partial charge is 0.360 e. The summed E-state index contributed by atoms with van der Waals surface area (Å²) in [5.41, 5.74) is 4.78. The summed E-state index contributed by atoms with van der Waals surface area (Å²) >= 11 is 0. The SMILES string of the molecule is Cc1cccc(-c2cc(Nc3nn(C)cc3C)nc3c2c(C#N)cn3COCCS(C)(C)C)n1. The van der Waals surface area contributed by atoms with E-state index in [0.29, 0.717) is 30.4 Å². The lowest BCUT2D eigenvalue weighted by molar-refractivity contribution is 0.0923. The van der Waals surface area contributed by atoms with Crippen LogP contribution in [0.3, 0.4) is 0 Å². The molecule has 0 atom stereocenters.